The van der Waals surface area contributed by atoms with Crippen LogP contribution in [0, 0.1) is 0 Å². The maximum absolute atomic E-state index is 10.1. The molecule has 0 atom stereocenters. The van der Waals surface area contributed by atoms with Gasteiger partial charge in [-0.15, -0.1) is 0 Å². The predicted octanol–water partition coefficient (Wildman–Crippen LogP) is -0.174. The summed E-state index contributed by atoms with van der Waals surface area (Å²) in [6.45, 7) is 4.59. The molecule has 4 heteroatoms. The Morgan fingerprint density at radius 3 is 2.62 bits per heavy atom. The summed E-state index contributed by atoms with van der Waals surface area (Å²) in [5, 5.41) is 0. The zero-order valence-electron chi connectivity index (χ0n) is 4.55. The van der Waals surface area contributed by atoms with Gasteiger partial charge in [-0.1, -0.05) is 6.58 Å². The minimum Gasteiger partial charge on any atom is -0.489 e. The quantitative estimate of drug-likeness (QED) is 0.418. The zero-order chi connectivity index (χ0) is 6.57. The summed E-state index contributed by atoms with van der Waals surface area (Å²) in [5.41, 5.74) is 0. The van der Waals surface area contributed by atoms with E-state index in [1.165, 1.54) is 6.55 Å². The van der Waals surface area contributed by atoms with Crippen molar-refractivity contribution in [2.45, 2.75) is 6.55 Å². The van der Waals surface area contributed by atoms with E-state index in [0.717, 1.165) is 6.08 Å². The second-order valence-corrected chi connectivity index (χ2v) is 2.39. The van der Waals surface area contributed by atoms with Crippen LogP contribution in [-0.4, -0.2) is 20.0 Å². The molecule has 0 fully saturated rings. The zero-order valence-corrected chi connectivity index (χ0v) is 5.55. The first kappa shape index (κ1) is 7.39. The third kappa shape index (κ3) is 3.57. The topological polar surface area (TPSA) is 46.5 Å². The van der Waals surface area contributed by atoms with Crippen molar-refractivity contribution in [1.82, 2.24) is 0 Å². The average Bonchev–Trinajstić information content (AvgIpc) is 1.65. The molecule has 45 valence electrons. The van der Waals surface area contributed by atoms with Crippen molar-refractivity contribution in [1.29, 1.82) is 0 Å². The van der Waals surface area contributed by atoms with Gasteiger partial charge in [0.1, 0.15) is 0 Å². The molecule has 1 N–H and O–H groups in total. The summed E-state index contributed by atoms with van der Waals surface area (Å²) >= 11 is 0. The van der Waals surface area contributed by atoms with E-state index >= 15 is 0 Å². The minimum absolute atomic E-state index is 0.566. The van der Waals surface area contributed by atoms with Gasteiger partial charge in [0.2, 0.25) is 0 Å². The van der Waals surface area contributed by atoms with Crippen LogP contribution in [0.2, 0.25) is 6.55 Å². The van der Waals surface area contributed by atoms with E-state index in [1.807, 2.05) is 0 Å². The van der Waals surface area contributed by atoms with Crippen molar-refractivity contribution >= 4 is 15.3 Å². The minimum atomic E-state index is -1.87. The highest BCUT2D eigenvalue weighted by Crippen LogP contribution is 1.80. The highest BCUT2D eigenvalue weighted by molar-refractivity contribution is 6.43. The lowest BCUT2D eigenvalue weighted by Crippen LogP contribution is -2.16. The van der Waals surface area contributed by atoms with E-state index < -0.39 is 15.3 Å². The van der Waals surface area contributed by atoms with Crippen LogP contribution in [0.15, 0.2) is 12.7 Å². The van der Waals surface area contributed by atoms with E-state index in [-0.39, 0.29) is 0 Å². The van der Waals surface area contributed by atoms with E-state index in [9.17, 15) is 4.79 Å². The molecule has 0 rings (SSSR count). The molecule has 0 aliphatic heterocycles. The molecule has 0 aromatic heterocycles. The number of carbonyl (C=O) groups is 1. The average molecular weight is 131 g/mol. The molecule has 0 amide bonds. The lowest BCUT2D eigenvalue weighted by molar-refractivity contribution is -0.130. The second-order valence-electron chi connectivity index (χ2n) is 1.14. The first-order chi connectivity index (χ1) is 3.66. The Bertz CT molecular complexity index is 99.5. The lowest BCUT2D eigenvalue weighted by atomic mass is 10.7. The third-order valence-corrected chi connectivity index (χ3v) is 0.912. The maximum atomic E-state index is 10.1. The molecule has 0 aliphatic rings. The van der Waals surface area contributed by atoms with Crippen LogP contribution in [0.1, 0.15) is 0 Å². The van der Waals surface area contributed by atoms with Crippen LogP contribution in [0.5, 0.6) is 0 Å². The van der Waals surface area contributed by atoms with Gasteiger partial charge in [0.05, 0.1) is 0 Å². The van der Waals surface area contributed by atoms with Crippen LogP contribution < -0.4 is 0 Å². The van der Waals surface area contributed by atoms with Gasteiger partial charge >= 0.3 is 15.3 Å². The molecule has 0 saturated carbocycles. The van der Waals surface area contributed by atoms with Gasteiger partial charge in [0.15, 0.2) is 0 Å². The van der Waals surface area contributed by atoms with Crippen molar-refractivity contribution in [3.05, 3.63) is 12.7 Å². The van der Waals surface area contributed by atoms with Crippen molar-refractivity contribution in [2.75, 3.05) is 0 Å². The van der Waals surface area contributed by atoms with Crippen molar-refractivity contribution in [3.8, 4) is 0 Å². The van der Waals surface area contributed by atoms with Crippen LogP contribution in [0.3, 0.4) is 0 Å². The van der Waals surface area contributed by atoms with Gasteiger partial charge in [-0.05, 0) is 6.55 Å². The molecule has 0 heterocycles. The Hall–Kier alpha value is -0.613. The fraction of sp³-hybridized carbons (Fsp3) is 0.250. The highest BCUT2D eigenvalue weighted by atomic mass is 28.3. The molecule has 0 bridgehead atoms. The van der Waals surface area contributed by atoms with Crippen LogP contribution >= 0.6 is 0 Å². The summed E-state index contributed by atoms with van der Waals surface area (Å²) in [5.74, 6) is -0.566. The first-order valence-corrected chi connectivity index (χ1v) is 3.89. The number of hydrogen-bond acceptors (Lipinski definition) is 3. The van der Waals surface area contributed by atoms with Crippen molar-refractivity contribution < 1.29 is 14.0 Å². The lowest BCUT2D eigenvalue weighted by Gasteiger charge is -1.97. The largest absolute Gasteiger partial charge is 0.489 e. The Balaban J connectivity index is 3.39. The van der Waals surface area contributed by atoms with Gasteiger partial charge in [0, 0.05) is 6.08 Å². The fourth-order valence-electron chi connectivity index (χ4n) is 0.187. The monoisotopic (exact) mass is 131 g/mol. The predicted molar refractivity (Wildman–Crippen MR) is 30.1 cm³/mol. The molecule has 0 aromatic carbocycles. The molecule has 3 nitrogen and oxygen atoms in total. The van der Waals surface area contributed by atoms with Gasteiger partial charge in [-0.3, -0.25) is 0 Å². The summed E-state index contributed by atoms with van der Waals surface area (Å²) < 4.78 is 4.30. The normalized spacial score (nSPS) is 8.88. The maximum Gasteiger partial charge on any atom is 0.453 e. The molecule has 0 saturated heterocycles. The van der Waals surface area contributed by atoms with Crippen molar-refractivity contribution in [2.24, 2.45) is 0 Å². The molecular formula is C4H7O3Si. The van der Waals surface area contributed by atoms with Gasteiger partial charge < -0.3 is 9.22 Å². The van der Waals surface area contributed by atoms with E-state index in [2.05, 4.69) is 11.0 Å². The molecule has 0 unspecified atom stereocenters. The smallest absolute Gasteiger partial charge is 0.453 e. The number of rotatable bonds is 2. The van der Waals surface area contributed by atoms with E-state index in [1.54, 1.807) is 0 Å². The van der Waals surface area contributed by atoms with Crippen LogP contribution in [0.25, 0.3) is 0 Å². The summed E-state index contributed by atoms with van der Waals surface area (Å²) in [4.78, 5) is 18.6. The standard InChI is InChI=1S/C4H7O3Si/c1-3-4(5)7-8(2)6/h3,6H,1H2,2H3. The molecular weight excluding hydrogens is 124 g/mol. The summed E-state index contributed by atoms with van der Waals surface area (Å²) in [6, 6.07) is 0. The Kier molecular flexibility index (Phi) is 3.14. The van der Waals surface area contributed by atoms with Crippen LogP contribution in [-0.2, 0) is 9.22 Å². The number of carbonyl (C=O) groups excluding carboxylic acids is 1. The molecule has 0 aromatic rings. The Morgan fingerprint density at radius 2 is 2.50 bits per heavy atom. The van der Waals surface area contributed by atoms with Gasteiger partial charge in [0.25, 0.3) is 0 Å². The molecule has 0 aliphatic carbocycles. The van der Waals surface area contributed by atoms with E-state index in [4.69, 9.17) is 4.80 Å². The molecule has 1 radical (unpaired) electrons. The Morgan fingerprint density at radius 1 is 2.00 bits per heavy atom. The second kappa shape index (κ2) is 3.40. The molecule has 0 spiro atoms. The van der Waals surface area contributed by atoms with Crippen molar-refractivity contribution in [3.63, 3.8) is 0 Å². The summed E-state index contributed by atoms with van der Waals surface area (Å²) in [7, 11) is -1.87. The Labute approximate surface area is 49.4 Å². The third-order valence-electron chi connectivity index (χ3n) is 0.415. The SMILES string of the molecule is C=CC(=O)O[Si](C)O. The van der Waals surface area contributed by atoms with Gasteiger partial charge in [-0.25, -0.2) is 4.79 Å². The summed E-state index contributed by atoms with van der Waals surface area (Å²) in [6.07, 6.45) is 1.02. The number of hydrogen-bond donors (Lipinski definition) is 1. The van der Waals surface area contributed by atoms with Gasteiger partial charge in [-0.2, -0.15) is 0 Å². The van der Waals surface area contributed by atoms with Crippen LogP contribution in [0.4, 0.5) is 0 Å². The molecule has 8 heavy (non-hydrogen) atoms. The highest BCUT2D eigenvalue weighted by Gasteiger charge is 2.04. The fourth-order valence-corrected chi connectivity index (χ4v) is 0.562. The van der Waals surface area contributed by atoms with E-state index in [0.29, 0.717) is 0 Å². The first-order valence-electron chi connectivity index (χ1n) is 2.03.